The molecule has 0 aromatic heterocycles. The molecule has 0 unspecified atom stereocenters. The summed E-state index contributed by atoms with van der Waals surface area (Å²) in [6.07, 6.45) is 7.09. The predicted octanol–water partition coefficient (Wildman–Crippen LogP) is 6.15. The Hall–Kier alpha value is -2.10. The van der Waals surface area contributed by atoms with Gasteiger partial charge in [-0.3, -0.25) is 4.79 Å². The van der Waals surface area contributed by atoms with Crippen LogP contribution in [0.5, 0.6) is 5.75 Å². The van der Waals surface area contributed by atoms with Gasteiger partial charge >= 0.3 is 0 Å². The van der Waals surface area contributed by atoms with Crippen LogP contribution in [0.1, 0.15) is 43.2 Å². The summed E-state index contributed by atoms with van der Waals surface area (Å²) in [5, 5.41) is 12.4. The molecule has 0 atom stereocenters. The molecule has 1 saturated carbocycles. The molecule has 0 heterocycles. The van der Waals surface area contributed by atoms with Gasteiger partial charge in [0.05, 0.1) is 0 Å². The number of amides is 1. The standard InChI is InChI=1S/C23H22Br2N2O2/c24-19-9-8-17(22(25)13-19)15-29-21-10-6-16(7-11-21)12-18(14-26)23(28)27-20-4-2-1-3-5-20/h6-13,20H,1-5,15H2,(H,27,28)/b18-12-. The molecule has 1 aliphatic rings. The largest absolute Gasteiger partial charge is 0.489 e. The van der Waals surface area contributed by atoms with Gasteiger partial charge in [0.1, 0.15) is 24.0 Å². The Morgan fingerprint density at radius 3 is 2.52 bits per heavy atom. The Kier molecular flexibility index (Phi) is 7.91. The van der Waals surface area contributed by atoms with Crippen molar-refractivity contribution in [3.05, 3.63) is 68.1 Å². The molecular formula is C23H22Br2N2O2. The number of carbonyl (C=O) groups excluding carboxylic acids is 1. The lowest BCUT2D eigenvalue weighted by molar-refractivity contribution is -0.117. The van der Waals surface area contributed by atoms with Gasteiger partial charge in [-0.1, -0.05) is 69.3 Å². The Bertz CT molecular complexity index is 927. The Balaban J connectivity index is 1.60. The molecule has 1 N–H and O–H groups in total. The van der Waals surface area contributed by atoms with E-state index in [0.29, 0.717) is 6.61 Å². The van der Waals surface area contributed by atoms with E-state index in [1.807, 2.05) is 48.5 Å². The first-order chi connectivity index (χ1) is 14.0. The van der Waals surface area contributed by atoms with E-state index in [1.54, 1.807) is 6.08 Å². The number of nitrogens with one attached hydrogen (secondary N) is 1. The average molecular weight is 518 g/mol. The van der Waals surface area contributed by atoms with E-state index >= 15 is 0 Å². The maximum atomic E-state index is 12.4. The molecule has 3 rings (SSSR count). The first kappa shape index (κ1) is 21.6. The predicted molar refractivity (Wildman–Crippen MR) is 121 cm³/mol. The van der Waals surface area contributed by atoms with E-state index in [9.17, 15) is 10.1 Å². The summed E-state index contributed by atoms with van der Waals surface area (Å²) in [5.41, 5.74) is 1.96. The summed E-state index contributed by atoms with van der Waals surface area (Å²) in [7, 11) is 0. The number of hydrogen-bond acceptors (Lipinski definition) is 3. The second-order valence-corrected chi connectivity index (χ2v) is 8.84. The average Bonchev–Trinajstić information content (AvgIpc) is 2.73. The first-order valence-corrected chi connectivity index (χ1v) is 11.2. The van der Waals surface area contributed by atoms with Crippen LogP contribution in [-0.4, -0.2) is 11.9 Å². The van der Waals surface area contributed by atoms with E-state index in [2.05, 4.69) is 37.2 Å². The molecule has 29 heavy (non-hydrogen) atoms. The third-order valence-corrected chi connectivity index (χ3v) is 6.14. The van der Waals surface area contributed by atoms with Crippen molar-refractivity contribution in [2.45, 2.75) is 44.8 Å². The fourth-order valence-electron chi connectivity index (χ4n) is 3.29. The van der Waals surface area contributed by atoms with Crippen molar-refractivity contribution in [2.24, 2.45) is 0 Å². The van der Waals surface area contributed by atoms with Gasteiger partial charge in [-0.15, -0.1) is 0 Å². The van der Waals surface area contributed by atoms with Crippen LogP contribution in [0.3, 0.4) is 0 Å². The Morgan fingerprint density at radius 2 is 1.86 bits per heavy atom. The fourth-order valence-corrected chi connectivity index (χ4v) is 4.45. The summed E-state index contributed by atoms with van der Waals surface area (Å²) in [4.78, 5) is 12.4. The van der Waals surface area contributed by atoms with Crippen molar-refractivity contribution in [3.63, 3.8) is 0 Å². The Labute approximate surface area is 188 Å². The summed E-state index contributed by atoms with van der Waals surface area (Å²) < 4.78 is 7.82. The summed E-state index contributed by atoms with van der Waals surface area (Å²) in [5.74, 6) is 0.432. The van der Waals surface area contributed by atoms with Crippen LogP contribution in [0.4, 0.5) is 0 Å². The lowest BCUT2D eigenvalue weighted by Gasteiger charge is -2.22. The highest BCUT2D eigenvalue weighted by atomic mass is 79.9. The zero-order valence-electron chi connectivity index (χ0n) is 16.0. The highest BCUT2D eigenvalue weighted by Crippen LogP contribution is 2.24. The molecular weight excluding hydrogens is 496 g/mol. The number of nitrogens with zero attached hydrogens (tertiary/aromatic N) is 1. The zero-order chi connectivity index (χ0) is 20.6. The maximum absolute atomic E-state index is 12.4. The number of ether oxygens (including phenoxy) is 1. The molecule has 0 saturated heterocycles. The van der Waals surface area contributed by atoms with Crippen LogP contribution in [-0.2, 0) is 11.4 Å². The van der Waals surface area contributed by atoms with Crippen LogP contribution < -0.4 is 10.1 Å². The number of rotatable bonds is 6. The van der Waals surface area contributed by atoms with Gasteiger partial charge in [0.2, 0.25) is 0 Å². The highest BCUT2D eigenvalue weighted by Gasteiger charge is 2.18. The van der Waals surface area contributed by atoms with Crippen molar-refractivity contribution in [2.75, 3.05) is 0 Å². The van der Waals surface area contributed by atoms with E-state index in [4.69, 9.17) is 4.74 Å². The minimum atomic E-state index is -0.292. The number of benzene rings is 2. The van der Waals surface area contributed by atoms with Crippen LogP contribution >= 0.6 is 31.9 Å². The van der Waals surface area contributed by atoms with Crippen molar-refractivity contribution >= 4 is 43.8 Å². The summed E-state index contributed by atoms with van der Waals surface area (Å²) >= 11 is 6.97. The number of halogens is 2. The molecule has 1 fully saturated rings. The van der Waals surface area contributed by atoms with Gasteiger partial charge in [0.15, 0.2) is 0 Å². The second kappa shape index (κ2) is 10.6. The smallest absolute Gasteiger partial charge is 0.262 e. The van der Waals surface area contributed by atoms with E-state index in [-0.39, 0.29) is 17.5 Å². The maximum Gasteiger partial charge on any atom is 0.262 e. The molecule has 150 valence electrons. The molecule has 2 aromatic carbocycles. The summed E-state index contributed by atoms with van der Waals surface area (Å²) in [6, 6.07) is 15.5. The topological polar surface area (TPSA) is 62.1 Å². The van der Waals surface area contributed by atoms with Crippen LogP contribution in [0.25, 0.3) is 6.08 Å². The van der Waals surface area contributed by atoms with Crippen molar-refractivity contribution < 1.29 is 9.53 Å². The van der Waals surface area contributed by atoms with E-state index in [1.165, 1.54) is 6.42 Å². The highest BCUT2D eigenvalue weighted by molar-refractivity contribution is 9.11. The third-order valence-electron chi connectivity index (χ3n) is 4.91. The minimum absolute atomic E-state index is 0.128. The fraction of sp³-hybridized carbons (Fsp3) is 0.304. The van der Waals surface area contributed by atoms with Gasteiger partial charge in [-0.2, -0.15) is 5.26 Å². The van der Waals surface area contributed by atoms with Crippen molar-refractivity contribution in [1.29, 1.82) is 5.26 Å². The Morgan fingerprint density at radius 1 is 1.14 bits per heavy atom. The van der Waals surface area contributed by atoms with Gasteiger partial charge in [-0.25, -0.2) is 0 Å². The molecule has 0 radical (unpaired) electrons. The molecule has 0 spiro atoms. The SMILES string of the molecule is N#C/C(=C/c1ccc(OCc2ccc(Br)cc2Br)cc1)C(=O)NC1CCCCC1. The number of carbonyl (C=O) groups is 1. The van der Waals surface area contributed by atoms with Crippen LogP contribution in [0.15, 0.2) is 57.0 Å². The van der Waals surface area contributed by atoms with Gasteiger partial charge in [0.25, 0.3) is 5.91 Å². The monoisotopic (exact) mass is 516 g/mol. The van der Waals surface area contributed by atoms with Gasteiger partial charge in [0, 0.05) is 20.6 Å². The zero-order valence-corrected chi connectivity index (χ0v) is 19.1. The lowest BCUT2D eigenvalue weighted by atomic mass is 9.95. The number of nitriles is 1. The normalized spacial score (nSPS) is 14.9. The van der Waals surface area contributed by atoms with Gasteiger partial charge in [-0.05, 0) is 48.7 Å². The minimum Gasteiger partial charge on any atom is -0.489 e. The molecule has 1 aliphatic carbocycles. The van der Waals surface area contributed by atoms with Crippen LogP contribution in [0.2, 0.25) is 0 Å². The molecule has 4 nitrogen and oxygen atoms in total. The molecule has 2 aromatic rings. The van der Waals surface area contributed by atoms with Crippen molar-refractivity contribution in [3.8, 4) is 11.8 Å². The van der Waals surface area contributed by atoms with Gasteiger partial charge < -0.3 is 10.1 Å². The quantitative estimate of drug-likeness (QED) is 0.369. The molecule has 1 amide bonds. The third kappa shape index (κ3) is 6.45. The lowest BCUT2D eigenvalue weighted by Crippen LogP contribution is -2.36. The molecule has 6 heteroatoms. The van der Waals surface area contributed by atoms with E-state index in [0.717, 1.165) is 51.5 Å². The molecule has 0 bridgehead atoms. The second-order valence-electron chi connectivity index (χ2n) is 7.07. The van der Waals surface area contributed by atoms with Crippen molar-refractivity contribution in [1.82, 2.24) is 5.32 Å². The first-order valence-electron chi connectivity index (χ1n) is 9.64. The summed E-state index contributed by atoms with van der Waals surface area (Å²) in [6.45, 7) is 0.441. The van der Waals surface area contributed by atoms with Crippen LogP contribution in [0, 0.1) is 11.3 Å². The number of hydrogen-bond donors (Lipinski definition) is 1. The van der Waals surface area contributed by atoms with E-state index < -0.39 is 0 Å². The molecule has 0 aliphatic heterocycles.